The minimum Gasteiger partial charge on any atom is -0.313 e. The smallest absolute Gasteiger partial charge is 0.258 e. The first kappa shape index (κ1) is 13.9. The Balaban J connectivity index is 2.10. The molecule has 0 radical (unpaired) electrons. The van der Waals surface area contributed by atoms with Gasteiger partial charge in [0, 0.05) is 5.92 Å². The normalized spacial score (nSPS) is 30.5. The van der Waals surface area contributed by atoms with E-state index in [1.807, 2.05) is 4.72 Å². The first-order chi connectivity index (χ1) is 8.25. The summed E-state index contributed by atoms with van der Waals surface area (Å²) in [6, 6.07) is 0. The maximum absolute atomic E-state index is 11.9. The van der Waals surface area contributed by atoms with Crippen molar-refractivity contribution in [2.45, 2.75) is 23.6 Å². The van der Waals surface area contributed by atoms with E-state index >= 15 is 0 Å². The van der Waals surface area contributed by atoms with E-state index in [0.717, 1.165) is 0 Å². The molecule has 1 unspecified atom stereocenters. The zero-order valence-corrected chi connectivity index (χ0v) is 11.6. The number of rotatable bonds is 4. The molecule has 5 nitrogen and oxygen atoms in total. The average Bonchev–Trinajstić information content (AvgIpc) is 3.06. The molecule has 100 valence electrons. The summed E-state index contributed by atoms with van der Waals surface area (Å²) in [6.07, 6.45) is 5.61. The molecule has 18 heavy (non-hydrogen) atoms. The van der Waals surface area contributed by atoms with Gasteiger partial charge in [-0.2, -0.15) is 0 Å². The predicted octanol–water partition coefficient (Wildman–Crippen LogP) is 0.797. The van der Waals surface area contributed by atoms with Crippen molar-refractivity contribution in [2.24, 2.45) is 11.7 Å². The van der Waals surface area contributed by atoms with E-state index in [1.54, 1.807) is 6.08 Å². The number of carbonyl (C=O) groups is 1. The number of hydrogen-bond acceptors (Lipinski definition) is 4. The van der Waals surface area contributed by atoms with Gasteiger partial charge in [0.15, 0.2) is 0 Å². The van der Waals surface area contributed by atoms with Crippen molar-refractivity contribution in [1.82, 2.24) is 4.72 Å². The molecule has 0 heterocycles. The van der Waals surface area contributed by atoms with Gasteiger partial charge in [0.2, 0.25) is 10.0 Å². The molecular weight excluding hydrogens is 299 g/mol. The fraction of sp³-hybridized carbons (Fsp3) is 0.500. The molecule has 1 amide bonds. The molecule has 1 saturated carbocycles. The first-order valence-electron chi connectivity index (χ1n) is 5.33. The van der Waals surface area contributed by atoms with Gasteiger partial charge in [-0.25, -0.2) is 8.42 Å². The maximum Gasteiger partial charge on any atom is 0.258 e. The number of carbonyl (C=O) groups excluding carboxylic acids is 1. The summed E-state index contributed by atoms with van der Waals surface area (Å²) in [7, 11) is -3.60. The van der Waals surface area contributed by atoms with E-state index in [2.05, 4.69) is 0 Å². The molecule has 1 fully saturated rings. The molecule has 2 aliphatic rings. The van der Waals surface area contributed by atoms with Crippen LogP contribution < -0.4 is 10.5 Å². The van der Waals surface area contributed by atoms with Crippen LogP contribution in [0.15, 0.2) is 22.7 Å². The van der Waals surface area contributed by atoms with E-state index in [0.29, 0.717) is 12.8 Å². The van der Waals surface area contributed by atoms with Crippen molar-refractivity contribution in [3.05, 3.63) is 22.7 Å². The Morgan fingerprint density at radius 1 is 1.44 bits per heavy atom. The van der Waals surface area contributed by atoms with E-state index in [-0.39, 0.29) is 4.49 Å². The summed E-state index contributed by atoms with van der Waals surface area (Å²) < 4.78 is 25.3. The molecule has 2 rings (SSSR count). The summed E-state index contributed by atoms with van der Waals surface area (Å²) in [5, 5.41) is -0.472. The summed E-state index contributed by atoms with van der Waals surface area (Å²) in [6.45, 7) is 0. The predicted molar refractivity (Wildman–Crippen MR) is 69.4 cm³/mol. The van der Waals surface area contributed by atoms with E-state index in [9.17, 15) is 13.2 Å². The lowest BCUT2D eigenvalue weighted by molar-refractivity contribution is -0.124. The van der Waals surface area contributed by atoms with E-state index in [1.165, 1.54) is 12.2 Å². The van der Waals surface area contributed by atoms with Crippen LogP contribution in [0, 0.1) is 5.92 Å². The maximum atomic E-state index is 11.9. The Morgan fingerprint density at radius 3 is 2.44 bits per heavy atom. The number of nitrogens with two attached hydrogens (primary N) is 1. The van der Waals surface area contributed by atoms with Crippen LogP contribution in [0.25, 0.3) is 0 Å². The molecule has 0 spiro atoms. The monoisotopic (exact) mass is 310 g/mol. The van der Waals surface area contributed by atoms with E-state index in [4.69, 9.17) is 28.9 Å². The quantitative estimate of drug-likeness (QED) is 0.752. The zero-order chi connectivity index (χ0) is 13.6. The summed E-state index contributed by atoms with van der Waals surface area (Å²) in [5.41, 5.74) is 4.44. The molecular formula is C10H12Cl2N2O3S. The first-order valence-corrected chi connectivity index (χ1v) is 7.63. The number of nitrogens with one attached hydrogen (secondary N) is 1. The molecule has 2 aliphatic carbocycles. The topological polar surface area (TPSA) is 89.3 Å². The lowest BCUT2D eigenvalue weighted by Crippen LogP contribution is -2.61. The second-order valence-electron chi connectivity index (χ2n) is 4.45. The van der Waals surface area contributed by atoms with E-state index < -0.39 is 32.6 Å². The fourth-order valence-electron chi connectivity index (χ4n) is 1.65. The Hall–Kier alpha value is -0.560. The van der Waals surface area contributed by atoms with Crippen molar-refractivity contribution in [1.29, 1.82) is 0 Å². The molecule has 2 atom stereocenters. The number of sulfonamides is 1. The second-order valence-corrected chi connectivity index (χ2v) is 7.42. The van der Waals surface area contributed by atoms with Crippen LogP contribution in [-0.4, -0.2) is 25.1 Å². The lowest BCUT2D eigenvalue weighted by atomic mass is 9.75. The Bertz CT molecular complexity index is 535. The summed E-state index contributed by atoms with van der Waals surface area (Å²) in [4.78, 5) is 11.9. The van der Waals surface area contributed by atoms with Crippen LogP contribution in [0.2, 0.25) is 0 Å². The van der Waals surface area contributed by atoms with Crippen molar-refractivity contribution in [3.63, 3.8) is 0 Å². The molecule has 0 aromatic heterocycles. The molecule has 8 heteroatoms. The van der Waals surface area contributed by atoms with Gasteiger partial charge < -0.3 is 5.73 Å². The highest BCUT2D eigenvalue weighted by Gasteiger charge is 2.47. The summed E-state index contributed by atoms with van der Waals surface area (Å²) >= 11 is 11.0. The third-order valence-electron chi connectivity index (χ3n) is 3.03. The van der Waals surface area contributed by atoms with Gasteiger partial charge in [-0.15, -0.1) is 0 Å². The van der Waals surface area contributed by atoms with Gasteiger partial charge in [0.25, 0.3) is 5.91 Å². The minimum atomic E-state index is -3.60. The SMILES string of the molecule is N[C@]1(C(=O)NS(=O)(=O)C2CC2)C=CC1C=C(Cl)Cl. The Kier molecular flexibility index (Phi) is 3.48. The van der Waals surface area contributed by atoms with Crippen molar-refractivity contribution in [2.75, 3.05) is 0 Å². The molecule has 0 bridgehead atoms. The van der Waals surface area contributed by atoms with Crippen LogP contribution in [0.5, 0.6) is 0 Å². The lowest BCUT2D eigenvalue weighted by Gasteiger charge is -2.36. The molecule has 3 N–H and O–H groups in total. The zero-order valence-electron chi connectivity index (χ0n) is 9.27. The fourth-order valence-corrected chi connectivity index (χ4v) is 3.28. The third-order valence-corrected chi connectivity index (χ3v) is 5.10. The van der Waals surface area contributed by atoms with Gasteiger partial charge >= 0.3 is 0 Å². The standard InChI is InChI=1S/C10H12Cl2N2O3S/c11-8(12)5-6-3-4-10(6,13)9(15)14-18(16,17)7-1-2-7/h3-7H,1-2,13H2,(H,14,15)/t6?,10-/m1/s1. The second kappa shape index (κ2) is 4.52. The minimum absolute atomic E-state index is 0.0166. The Morgan fingerprint density at radius 2 is 2.06 bits per heavy atom. The van der Waals surface area contributed by atoms with Crippen molar-refractivity contribution >= 4 is 39.1 Å². The van der Waals surface area contributed by atoms with Crippen LogP contribution in [0.4, 0.5) is 0 Å². The van der Waals surface area contributed by atoms with Crippen molar-refractivity contribution in [3.8, 4) is 0 Å². The van der Waals surface area contributed by atoms with Crippen LogP contribution >= 0.6 is 23.2 Å². The highest BCUT2D eigenvalue weighted by Crippen LogP contribution is 2.33. The van der Waals surface area contributed by atoms with Crippen LogP contribution in [0.3, 0.4) is 0 Å². The Labute approximate surface area is 115 Å². The van der Waals surface area contributed by atoms with Crippen LogP contribution in [-0.2, 0) is 14.8 Å². The number of halogens is 2. The van der Waals surface area contributed by atoms with Gasteiger partial charge in [0.1, 0.15) is 10.0 Å². The molecule has 0 aliphatic heterocycles. The van der Waals surface area contributed by atoms with Gasteiger partial charge in [0.05, 0.1) is 5.25 Å². The number of hydrogen-bond donors (Lipinski definition) is 2. The summed E-state index contributed by atoms with van der Waals surface area (Å²) in [5.74, 6) is -1.26. The third kappa shape index (κ3) is 2.56. The van der Waals surface area contributed by atoms with Gasteiger partial charge in [-0.3, -0.25) is 9.52 Å². The molecule has 0 aromatic carbocycles. The van der Waals surface area contributed by atoms with Gasteiger partial charge in [-0.05, 0) is 18.9 Å². The molecule has 0 aromatic rings. The van der Waals surface area contributed by atoms with Gasteiger partial charge in [-0.1, -0.05) is 35.4 Å². The largest absolute Gasteiger partial charge is 0.313 e. The highest BCUT2D eigenvalue weighted by atomic mass is 35.5. The highest BCUT2D eigenvalue weighted by molar-refractivity contribution is 7.90. The average molecular weight is 311 g/mol. The van der Waals surface area contributed by atoms with Crippen LogP contribution in [0.1, 0.15) is 12.8 Å². The molecule has 0 saturated heterocycles. The number of amides is 1. The van der Waals surface area contributed by atoms with Crippen molar-refractivity contribution < 1.29 is 13.2 Å².